The van der Waals surface area contributed by atoms with E-state index in [1.165, 1.54) is 12.5 Å². The molecule has 0 spiro atoms. The second-order valence-electron chi connectivity index (χ2n) is 7.02. The van der Waals surface area contributed by atoms with E-state index in [-0.39, 0.29) is 24.0 Å². The summed E-state index contributed by atoms with van der Waals surface area (Å²) in [4.78, 5) is 30.6. The number of piperidine rings is 1. The molecule has 2 heterocycles. The molecule has 0 saturated carbocycles. The van der Waals surface area contributed by atoms with Crippen LogP contribution in [0.5, 0.6) is 0 Å². The Labute approximate surface area is 153 Å². The lowest BCUT2D eigenvalue weighted by Gasteiger charge is -2.35. The number of amides is 2. The van der Waals surface area contributed by atoms with Crippen LogP contribution in [-0.4, -0.2) is 78.9 Å². The van der Waals surface area contributed by atoms with Gasteiger partial charge in [0.2, 0.25) is 11.8 Å². The fourth-order valence-electron chi connectivity index (χ4n) is 3.50. The maximum Gasteiger partial charge on any atom is 0.238 e. The van der Waals surface area contributed by atoms with Gasteiger partial charge in [0, 0.05) is 39.3 Å². The number of likely N-dealkylation sites (tertiary alicyclic amines) is 1. The molecule has 2 fully saturated rings. The van der Waals surface area contributed by atoms with E-state index < -0.39 is 5.82 Å². The molecule has 2 saturated heterocycles. The van der Waals surface area contributed by atoms with E-state index in [0.29, 0.717) is 6.54 Å². The monoisotopic (exact) mass is 362 g/mol. The molecule has 3 rings (SSSR count). The van der Waals surface area contributed by atoms with Crippen molar-refractivity contribution in [2.75, 3.05) is 57.7 Å². The van der Waals surface area contributed by atoms with E-state index in [9.17, 15) is 14.0 Å². The Bertz CT molecular complexity index is 626. The van der Waals surface area contributed by atoms with Crippen molar-refractivity contribution in [3.8, 4) is 0 Å². The third-order valence-electron chi connectivity index (χ3n) is 5.05. The molecule has 142 valence electrons. The molecule has 0 unspecified atom stereocenters. The highest BCUT2D eigenvalue weighted by Gasteiger charge is 2.23. The number of hydrogen-bond donors (Lipinski definition) is 1. The van der Waals surface area contributed by atoms with Gasteiger partial charge in [0.15, 0.2) is 0 Å². The van der Waals surface area contributed by atoms with Gasteiger partial charge in [-0.25, -0.2) is 4.39 Å². The van der Waals surface area contributed by atoms with Gasteiger partial charge in [0.05, 0.1) is 18.8 Å². The average Bonchev–Trinajstić information content (AvgIpc) is 2.66. The number of para-hydroxylation sites is 1. The zero-order chi connectivity index (χ0) is 18.4. The number of halogens is 1. The Kier molecular flexibility index (Phi) is 6.57. The van der Waals surface area contributed by atoms with Crippen molar-refractivity contribution in [3.05, 3.63) is 30.1 Å². The van der Waals surface area contributed by atoms with Crippen LogP contribution in [0.2, 0.25) is 0 Å². The third-order valence-corrected chi connectivity index (χ3v) is 5.05. The van der Waals surface area contributed by atoms with Gasteiger partial charge in [-0.05, 0) is 31.4 Å². The first kappa shape index (κ1) is 18.8. The molecular weight excluding hydrogens is 335 g/mol. The number of anilines is 1. The van der Waals surface area contributed by atoms with Crippen molar-refractivity contribution < 1.29 is 14.0 Å². The van der Waals surface area contributed by atoms with Crippen molar-refractivity contribution in [1.82, 2.24) is 14.7 Å². The van der Waals surface area contributed by atoms with Crippen LogP contribution in [0.4, 0.5) is 10.1 Å². The molecular formula is C19H27FN4O2. The number of carbonyl (C=O) groups excluding carboxylic acids is 2. The van der Waals surface area contributed by atoms with E-state index in [0.717, 1.165) is 52.1 Å². The molecule has 0 aromatic heterocycles. The summed E-state index contributed by atoms with van der Waals surface area (Å²) in [5, 5.41) is 2.61. The highest BCUT2D eigenvalue weighted by Crippen LogP contribution is 2.13. The number of piperazine rings is 1. The van der Waals surface area contributed by atoms with Gasteiger partial charge < -0.3 is 10.2 Å². The van der Waals surface area contributed by atoms with E-state index in [4.69, 9.17) is 0 Å². The van der Waals surface area contributed by atoms with Crippen LogP contribution in [0, 0.1) is 5.82 Å². The molecule has 1 aromatic rings. The molecule has 6 nitrogen and oxygen atoms in total. The van der Waals surface area contributed by atoms with Gasteiger partial charge in [-0.1, -0.05) is 12.1 Å². The summed E-state index contributed by atoms with van der Waals surface area (Å²) < 4.78 is 13.6. The minimum Gasteiger partial charge on any atom is -0.342 e. The Hall–Kier alpha value is -1.99. The first-order valence-corrected chi connectivity index (χ1v) is 9.39. The number of hydrogen-bond acceptors (Lipinski definition) is 4. The summed E-state index contributed by atoms with van der Waals surface area (Å²) in [5.74, 6) is -0.426. The molecule has 26 heavy (non-hydrogen) atoms. The fraction of sp³-hybridized carbons (Fsp3) is 0.579. The summed E-state index contributed by atoms with van der Waals surface area (Å²) in [7, 11) is 0. The van der Waals surface area contributed by atoms with Crippen molar-refractivity contribution in [3.63, 3.8) is 0 Å². The summed E-state index contributed by atoms with van der Waals surface area (Å²) in [6.07, 6.45) is 3.44. The number of nitrogens with zero attached hydrogens (tertiary/aromatic N) is 3. The lowest BCUT2D eigenvalue weighted by Crippen LogP contribution is -2.51. The van der Waals surface area contributed by atoms with Crippen LogP contribution < -0.4 is 5.32 Å². The number of carbonyl (C=O) groups is 2. The second-order valence-corrected chi connectivity index (χ2v) is 7.02. The minimum atomic E-state index is -0.429. The normalized spacial score (nSPS) is 19.3. The molecule has 0 bridgehead atoms. The predicted molar refractivity (Wildman–Crippen MR) is 98.3 cm³/mol. The lowest BCUT2D eigenvalue weighted by molar-refractivity contribution is -0.134. The molecule has 1 N–H and O–H groups in total. The van der Waals surface area contributed by atoms with Gasteiger partial charge in [-0.2, -0.15) is 0 Å². The molecule has 2 amide bonds. The summed E-state index contributed by atoms with van der Waals surface area (Å²) in [5.41, 5.74) is 0.211. The molecule has 0 radical (unpaired) electrons. The highest BCUT2D eigenvalue weighted by molar-refractivity contribution is 5.92. The zero-order valence-corrected chi connectivity index (χ0v) is 15.1. The third kappa shape index (κ3) is 5.25. The van der Waals surface area contributed by atoms with Gasteiger partial charge in [-0.3, -0.25) is 19.4 Å². The maximum absolute atomic E-state index is 13.6. The van der Waals surface area contributed by atoms with Gasteiger partial charge in [0.1, 0.15) is 5.82 Å². The standard InChI is InChI=1S/C19H27FN4O2/c20-16-6-2-3-7-17(16)21-18(25)14-22-10-12-23(13-11-22)15-19(26)24-8-4-1-5-9-24/h2-3,6-7H,1,4-5,8-15H2,(H,21,25). The lowest BCUT2D eigenvalue weighted by atomic mass is 10.1. The first-order valence-electron chi connectivity index (χ1n) is 9.39. The van der Waals surface area contributed by atoms with Gasteiger partial charge >= 0.3 is 0 Å². The van der Waals surface area contributed by atoms with Crippen molar-refractivity contribution >= 4 is 17.5 Å². The molecule has 0 atom stereocenters. The van der Waals surface area contributed by atoms with E-state index in [1.54, 1.807) is 18.2 Å². The second kappa shape index (κ2) is 9.09. The zero-order valence-electron chi connectivity index (χ0n) is 15.1. The minimum absolute atomic E-state index is 0.211. The van der Waals surface area contributed by atoms with E-state index >= 15 is 0 Å². The first-order chi connectivity index (χ1) is 12.6. The number of nitrogens with one attached hydrogen (secondary N) is 1. The molecule has 2 aliphatic heterocycles. The number of benzene rings is 1. The Balaban J connectivity index is 1.38. The SMILES string of the molecule is O=C(CN1CCN(CC(=O)N2CCCCC2)CC1)Nc1ccccc1F. The van der Waals surface area contributed by atoms with Crippen molar-refractivity contribution in [2.24, 2.45) is 0 Å². The highest BCUT2D eigenvalue weighted by atomic mass is 19.1. The topological polar surface area (TPSA) is 55.9 Å². The Morgan fingerprint density at radius 1 is 0.885 bits per heavy atom. The summed E-state index contributed by atoms with van der Waals surface area (Å²) in [6, 6.07) is 6.16. The summed E-state index contributed by atoms with van der Waals surface area (Å²) >= 11 is 0. The quantitative estimate of drug-likeness (QED) is 0.860. The van der Waals surface area contributed by atoms with Crippen LogP contribution in [0.3, 0.4) is 0 Å². The van der Waals surface area contributed by atoms with E-state index in [1.807, 2.05) is 9.80 Å². The van der Waals surface area contributed by atoms with Gasteiger partial charge in [-0.15, -0.1) is 0 Å². The van der Waals surface area contributed by atoms with Gasteiger partial charge in [0.25, 0.3) is 0 Å². The summed E-state index contributed by atoms with van der Waals surface area (Å²) in [6.45, 7) is 5.48. The molecule has 0 aliphatic carbocycles. The van der Waals surface area contributed by atoms with Crippen molar-refractivity contribution in [1.29, 1.82) is 0 Å². The largest absolute Gasteiger partial charge is 0.342 e. The Morgan fingerprint density at radius 3 is 2.15 bits per heavy atom. The predicted octanol–water partition coefficient (Wildman–Crippen LogP) is 1.39. The van der Waals surface area contributed by atoms with Crippen LogP contribution in [0.25, 0.3) is 0 Å². The van der Waals surface area contributed by atoms with Crippen LogP contribution in [-0.2, 0) is 9.59 Å². The molecule has 2 aliphatic rings. The fourth-order valence-corrected chi connectivity index (χ4v) is 3.50. The Morgan fingerprint density at radius 2 is 1.50 bits per heavy atom. The molecule has 7 heteroatoms. The smallest absolute Gasteiger partial charge is 0.238 e. The average molecular weight is 362 g/mol. The van der Waals surface area contributed by atoms with Crippen molar-refractivity contribution in [2.45, 2.75) is 19.3 Å². The van der Waals surface area contributed by atoms with E-state index in [2.05, 4.69) is 10.2 Å². The number of rotatable bonds is 5. The maximum atomic E-state index is 13.6. The van der Waals surface area contributed by atoms with Crippen LogP contribution >= 0.6 is 0 Å². The molecule has 1 aromatic carbocycles. The van der Waals surface area contributed by atoms with Crippen LogP contribution in [0.15, 0.2) is 24.3 Å². The van der Waals surface area contributed by atoms with Crippen LogP contribution in [0.1, 0.15) is 19.3 Å².